The molecule has 2 fully saturated rings. The van der Waals surface area contributed by atoms with Crippen molar-refractivity contribution in [1.82, 2.24) is 9.55 Å². The van der Waals surface area contributed by atoms with Gasteiger partial charge in [0.1, 0.15) is 0 Å². The first kappa shape index (κ1) is 13.7. The third-order valence-corrected chi connectivity index (χ3v) is 4.99. The molecule has 2 aliphatic carbocycles. The van der Waals surface area contributed by atoms with Gasteiger partial charge in [-0.2, -0.15) is 0 Å². The van der Waals surface area contributed by atoms with E-state index < -0.39 is 5.97 Å². The fourth-order valence-corrected chi connectivity index (χ4v) is 3.97. The van der Waals surface area contributed by atoms with E-state index in [1.807, 2.05) is 0 Å². The summed E-state index contributed by atoms with van der Waals surface area (Å²) in [6, 6.07) is 0.473. The van der Waals surface area contributed by atoms with Gasteiger partial charge in [-0.1, -0.05) is 38.5 Å². The fourth-order valence-electron chi connectivity index (χ4n) is 3.97. The molecule has 3 rings (SSSR count). The molecule has 4 nitrogen and oxygen atoms in total. The molecule has 20 heavy (non-hydrogen) atoms. The molecule has 0 saturated heterocycles. The molecule has 0 unspecified atom stereocenters. The molecule has 1 aromatic heterocycles. The van der Waals surface area contributed by atoms with Crippen LogP contribution in [0.15, 0.2) is 6.33 Å². The Hall–Kier alpha value is -1.32. The number of carboxylic acids is 1. The number of hydrogen-bond donors (Lipinski definition) is 1. The lowest BCUT2D eigenvalue weighted by molar-refractivity contribution is 0.0688. The van der Waals surface area contributed by atoms with Gasteiger partial charge in [-0.3, -0.25) is 0 Å². The number of aromatic nitrogens is 2. The summed E-state index contributed by atoms with van der Waals surface area (Å²) in [6.45, 7) is 0. The van der Waals surface area contributed by atoms with E-state index >= 15 is 0 Å². The minimum atomic E-state index is -0.861. The van der Waals surface area contributed by atoms with Crippen LogP contribution in [0.5, 0.6) is 0 Å². The third-order valence-electron chi connectivity index (χ3n) is 4.99. The zero-order chi connectivity index (χ0) is 13.9. The Morgan fingerprint density at radius 1 is 1.05 bits per heavy atom. The third kappa shape index (κ3) is 2.60. The topological polar surface area (TPSA) is 55.1 Å². The van der Waals surface area contributed by atoms with Crippen LogP contribution in [0, 0.1) is 0 Å². The first-order valence-electron chi connectivity index (χ1n) is 8.07. The summed E-state index contributed by atoms with van der Waals surface area (Å²) in [5.41, 5.74) is 1.33. The molecule has 110 valence electrons. The van der Waals surface area contributed by atoms with Gasteiger partial charge in [0.15, 0.2) is 5.69 Å². The summed E-state index contributed by atoms with van der Waals surface area (Å²) >= 11 is 0. The van der Waals surface area contributed by atoms with E-state index in [1.54, 1.807) is 6.33 Å². The molecule has 0 spiro atoms. The molecule has 2 aliphatic rings. The van der Waals surface area contributed by atoms with Gasteiger partial charge >= 0.3 is 5.97 Å². The second-order valence-electron chi connectivity index (χ2n) is 6.32. The molecule has 0 aliphatic heterocycles. The lowest BCUT2D eigenvalue weighted by Gasteiger charge is -2.29. The van der Waals surface area contributed by atoms with E-state index in [1.165, 1.54) is 51.4 Å². The molecule has 1 N–H and O–H groups in total. The molecule has 1 heterocycles. The minimum absolute atomic E-state index is 0.308. The normalized spacial score (nSPS) is 22.0. The zero-order valence-corrected chi connectivity index (χ0v) is 12.1. The summed E-state index contributed by atoms with van der Waals surface area (Å²) in [6.07, 6.45) is 14.0. The van der Waals surface area contributed by atoms with Gasteiger partial charge in [0.2, 0.25) is 0 Å². The standard InChI is InChI=1S/C16H24N2O2/c19-16(20)14-15(12-7-3-1-4-8-12)18(11-17-14)13-9-5-2-6-10-13/h11-13H,1-10H2,(H,19,20). The number of nitrogens with zero attached hydrogens (tertiary/aromatic N) is 2. The second kappa shape index (κ2) is 5.98. The summed E-state index contributed by atoms with van der Waals surface area (Å²) in [5, 5.41) is 9.43. The van der Waals surface area contributed by atoms with Crippen LogP contribution >= 0.6 is 0 Å². The van der Waals surface area contributed by atoms with Crippen molar-refractivity contribution in [2.75, 3.05) is 0 Å². The molecular formula is C16H24N2O2. The molecule has 0 bridgehead atoms. The van der Waals surface area contributed by atoms with Crippen molar-refractivity contribution in [2.45, 2.75) is 76.2 Å². The highest BCUT2D eigenvalue weighted by Gasteiger charge is 2.29. The van der Waals surface area contributed by atoms with Gasteiger partial charge in [0, 0.05) is 12.0 Å². The molecule has 4 heteroatoms. The summed E-state index contributed by atoms with van der Waals surface area (Å²) in [4.78, 5) is 15.7. The summed E-state index contributed by atoms with van der Waals surface area (Å²) in [5.74, 6) is -0.459. The van der Waals surface area contributed by atoms with Crippen LogP contribution in [0.1, 0.15) is 92.4 Å². The van der Waals surface area contributed by atoms with Gasteiger partial charge in [-0.05, 0) is 25.7 Å². The predicted molar refractivity (Wildman–Crippen MR) is 77.1 cm³/mol. The Labute approximate surface area is 120 Å². The Bertz CT molecular complexity index is 469. The predicted octanol–water partition coefficient (Wildman–Crippen LogP) is 4.13. The SMILES string of the molecule is O=C(O)c1ncn(C2CCCCC2)c1C1CCCCC1. The average molecular weight is 276 g/mol. The Morgan fingerprint density at radius 2 is 1.65 bits per heavy atom. The van der Waals surface area contributed by atoms with Crippen LogP contribution in [0.3, 0.4) is 0 Å². The van der Waals surface area contributed by atoms with E-state index in [0.29, 0.717) is 17.7 Å². The summed E-state index contributed by atoms with van der Waals surface area (Å²) in [7, 11) is 0. The molecular weight excluding hydrogens is 252 g/mol. The van der Waals surface area contributed by atoms with Crippen LogP contribution in [-0.2, 0) is 0 Å². The van der Waals surface area contributed by atoms with E-state index in [4.69, 9.17) is 0 Å². The van der Waals surface area contributed by atoms with Gasteiger partial charge in [0.05, 0.1) is 12.0 Å². The highest BCUT2D eigenvalue weighted by atomic mass is 16.4. The van der Waals surface area contributed by atoms with Gasteiger partial charge in [-0.25, -0.2) is 9.78 Å². The van der Waals surface area contributed by atoms with Crippen molar-refractivity contribution in [3.05, 3.63) is 17.7 Å². The monoisotopic (exact) mass is 276 g/mol. The molecule has 1 aromatic rings. The lowest BCUT2D eigenvalue weighted by atomic mass is 9.85. The van der Waals surface area contributed by atoms with E-state index in [-0.39, 0.29) is 0 Å². The van der Waals surface area contributed by atoms with E-state index in [9.17, 15) is 9.90 Å². The van der Waals surface area contributed by atoms with Crippen molar-refractivity contribution in [1.29, 1.82) is 0 Å². The van der Waals surface area contributed by atoms with Crippen molar-refractivity contribution in [2.24, 2.45) is 0 Å². The molecule has 0 radical (unpaired) electrons. The first-order valence-corrected chi connectivity index (χ1v) is 8.07. The number of hydrogen-bond acceptors (Lipinski definition) is 2. The maximum Gasteiger partial charge on any atom is 0.356 e. The number of carboxylic acid groups (broad SMARTS) is 1. The molecule has 0 atom stereocenters. The summed E-state index contributed by atoms with van der Waals surface area (Å²) < 4.78 is 2.22. The first-order chi connectivity index (χ1) is 9.77. The molecule has 0 aromatic carbocycles. The number of rotatable bonds is 3. The fraction of sp³-hybridized carbons (Fsp3) is 0.750. The second-order valence-corrected chi connectivity index (χ2v) is 6.32. The number of imidazole rings is 1. The number of carbonyl (C=O) groups is 1. The van der Waals surface area contributed by atoms with Crippen LogP contribution in [0.4, 0.5) is 0 Å². The average Bonchev–Trinajstić information content (AvgIpc) is 2.94. The van der Waals surface area contributed by atoms with Crippen LogP contribution in [0.25, 0.3) is 0 Å². The van der Waals surface area contributed by atoms with Crippen LogP contribution < -0.4 is 0 Å². The van der Waals surface area contributed by atoms with Gasteiger partial charge in [0.25, 0.3) is 0 Å². The molecule has 2 saturated carbocycles. The van der Waals surface area contributed by atoms with Crippen molar-refractivity contribution < 1.29 is 9.90 Å². The Kier molecular flexibility index (Phi) is 4.08. The maximum absolute atomic E-state index is 11.5. The highest BCUT2D eigenvalue weighted by molar-refractivity contribution is 5.87. The zero-order valence-electron chi connectivity index (χ0n) is 12.1. The highest BCUT2D eigenvalue weighted by Crippen LogP contribution is 2.38. The van der Waals surface area contributed by atoms with E-state index in [2.05, 4.69) is 9.55 Å². The Balaban J connectivity index is 1.94. The van der Waals surface area contributed by atoms with Crippen molar-refractivity contribution >= 4 is 5.97 Å². The van der Waals surface area contributed by atoms with Crippen molar-refractivity contribution in [3.63, 3.8) is 0 Å². The van der Waals surface area contributed by atoms with E-state index in [0.717, 1.165) is 18.5 Å². The smallest absolute Gasteiger partial charge is 0.356 e. The minimum Gasteiger partial charge on any atom is -0.476 e. The van der Waals surface area contributed by atoms with Gasteiger partial charge in [-0.15, -0.1) is 0 Å². The van der Waals surface area contributed by atoms with Crippen LogP contribution in [-0.4, -0.2) is 20.6 Å². The molecule has 0 amide bonds. The lowest BCUT2D eigenvalue weighted by Crippen LogP contribution is -2.19. The largest absolute Gasteiger partial charge is 0.476 e. The Morgan fingerprint density at radius 3 is 2.25 bits per heavy atom. The van der Waals surface area contributed by atoms with Crippen LogP contribution in [0.2, 0.25) is 0 Å². The number of aromatic carboxylic acids is 1. The van der Waals surface area contributed by atoms with Gasteiger partial charge < -0.3 is 9.67 Å². The van der Waals surface area contributed by atoms with Crippen molar-refractivity contribution in [3.8, 4) is 0 Å². The maximum atomic E-state index is 11.5. The quantitative estimate of drug-likeness (QED) is 0.903.